The first kappa shape index (κ1) is 21.3. The number of aryl methyl sites for hydroxylation is 1. The Balaban J connectivity index is 1.46. The summed E-state index contributed by atoms with van der Waals surface area (Å²) in [6.07, 6.45) is 1.57. The van der Waals surface area contributed by atoms with Crippen molar-refractivity contribution in [3.8, 4) is 0 Å². The SMILES string of the molecule is O=C(CCNS(=O)(=O)c1cccc(Cl)c1)OCC(=O)N1CCCc2ccccc21. The summed E-state index contributed by atoms with van der Waals surface area (Å²) in [4.78, 5) is 26.0. The van der Waals surface area contributed by atoms with E-state index < -0.39 is 16.0 Å². The lowest BCUT2D eigenvalue weighted by Crippen LogP contribution is -2.38. The molecule has 0 aromatic heterocycles. The number of carbonyl (C=O) groups excluding carboxylic acids is 2. The summed E-state index contributed by atoms with van der Waals surface area (Å²) in [5.74, 6) is -0.956. The van der Waals surface area contributed by atoms with Crippen LogP contribution in [0.15, 0.2) is 53.4 Å². The largest absolute Gasteiger partial charge is 0.456 e. The number of esters is 1. The molecule has 29 heavy (non-hydrogen) atoms. The number of carbonyl (C=O) groups is 2. The van der Waals surface area contributed by atoms with Gasteiger partial charge in [-0.25, -0.2) is 13.1 Å². The van der Waals surface area contributed by atoms with Gasteiger partial charge >= 0.3 is 5.97 Å². The second kappa shape index (κ2) is 9.39. The second-order valence-electron chi connectivity index (χ2n) is 6.54. The summed E-state index contributed by atoms with van der Waals surface area (Å²) in [7, 11) is -3.78. The molecule has 1 heterocycles. The maximum atomic E-state index is 12.4. The van der Waals surface area contributed by atoms with Gasteiger partial charge in [0.15, 0.2) is 6.61 Å². The molecule has 1 aliphatic heterocycles. The van der Waals surface area contributed by atoms with Crippen molar-refractivity contribution in [2.24, 2.45) is 0 Å². The molecule has 0 unspecified atom stereocenters. The van der Waals surface area contributed by atoms with Gasteiger partial charge in [0, 0.05) is 23.8 Å². The third-order valence-electron chi connectivity index (χ3n) is 4.50. The van der Waals surface area contributed by atoms with Gasteiger partial charge in [-0.15, -0.1) is 0 Å². The van der Waals surface area contributed by atoms with E-state index in [1.807, 2.05) is 24.3 Å². The van der Waals surface area contributed by atoms with Crippen LogP contribution in [0.25, 0.3) is 0 Å². The van der Waals surface area contributed by atoms with Gasteiger partial charge in [0.2, 0.25) is 10.0 Å². The van der Waals surface area contributed by atoms with Gasteiger partial charge in [-0.3, -0.25) is 9.59 Å². The van der Waals surface area contributed by atoms with Crippen molar-refractivity contribution in [2.75, 3.05) is 24.6 Å². The molecule has 154 valence electrons. The van der Waals surface area contributed by atoms with Crippen LogP contribution >= 0.6 is 11.6 Å². The number of nitrogens with zero attached hydrogens (tertiary/aromatic N) is 1. The molecule has 1 amide bonds. The molecule has 3 rings (SSSR count). The molecule has 2 aromatic carbocycles. The lowest BCUT2D eigenvalue weighted by atomic mass is 10.0. The van der Waals surface area contributed by atoms with Crippen LogP contribution in [0.3, 0.4) is 0 Å². The number of hydrogen-bond acceptors (Lipinski definition) is 5. The molecule has 0 bridgehead atoms. The van der Waals surface area contributed by atoms with E-state index in [2.05, 4.69) is 4.72 Å². The number of halogens is 1. The van der Waals surface area contributed by atoms with Gasteiger partial charge in [0.25, 0.3) is 5.91 Å². The fourth-order valence-corrected chi connectivity index (χ4v) is 4.42. The van der Waals surface area contributed by atoms with Crippen LogP contribution in [0.1, 0.15) is 18.4 Å². The molecule has 0 saturated heterocycles. The second-order valence-corrected chi connectivity index (χ2v) is 8.75. The molecule has 1 aliphatic rings. The predicted molar refractivity (Wildman–Crippen MR) is 109 cm³/mol. The third-order valence-corrected chi connectivity index (χ3v) is 6.19. The quantitative estimate of drug-likeness (QED) is 0.673. The van der Waals surface area contributed by atoms with Gasteiger partial charge in [-0.05, 0) is 42.7 Å². The Bertz CT molecular complexity index is 1010. The van der Waals surface area contributed by atoms with E-state index in [0.29, 0.717) is 11.6 Å². The van der Waals surface area contributed by atoms with E-state index >= 15 is 0 Å². The van der Waals surface area contributed by atoms with Crippen molar-refractivity contribution >= 4 is 39.2 Å². The number of ether oxygens (including phenoxy) is 1. The minimum Gasteiger partial charge on any atom is -0.456 e. The zero-order valence-corrected chi connectivity index (χ0v) is 17.2. The highest BCUT2D eigenvalue weighted by atomic mass is 35.5. The Hall–Kier alpha value is -2.42. The average molecular weight is 437 g/mol. The lowest BCUT2D eigenvalue weighted by molar-refractivity contribution is -0.147. The molecular weight excluding hydrogens is 416 g/mol. The number of anilines is 1. The van der Waals surface area contributed by atoms with Gasteiger partial charge in [-0.2, -0.15) is 0 Å². The van der Waals surface area contributed by atoms with Crippen molar-refractivity contribution in [3.63, 3.8) is 0 Å². The smallest absolute Gasteiger partial charge is 0.307 e. The zero-order valence-electron chi connectivity index (χ0n) is 15.6. The topological polar surface area (TPSA) is 92.8 Å². The lowest BCUT2D eigenvalue weighted by Gasteiger charge is -2.29. The number of nitrogens with one attached hydrogen (secondary N) is 1. The molecule has 0 spiro atoms. The molecule has 0 radical (unpaired) electrons. The molecular formula is C20H21ClN2O5S. The molecule has 0 saturated carbocycles. The molecule has 1 N–H and O–H groups in total. The highest BCUT2D eigenvalue weighted by Gasteiger charge is 2.23. The van der Waals surface area contributed by atoms with E-state index in [1.54, 1.807) is 11.0 Å². The maximum Gasteiger partial charge on any atom is 0.307 e. The molecule has 0 atom stereocenters. The van der Waals surface area contributed by atoms with E-state index in [1.165, 1.54) is 18.2 Å². The molecule has 2 aromatic rings. The summed E-state index contributed by atoms with van der Waals surface area (Å²) in [6, 6.07) is 13.5. The predicted octanol–water partition coefficient (Wildman–Crippen LogP) is 2.53. The van der Waals surface area contributed by atoms with Crippen LogP contribution in [0.4, 0.5) is 5.69 Å². The van der Waals surface area contributed by atoms with Crippen molar-refractivity contribution in [2.45, 2.75) is 24.2 Å². The highest BCUT2D eigenvalue weighted by molar-refractivity contribution is 7.89. The summed E-state index contributed by atoms with van der Waals surface area (Å²) in [5.41, 5.74) is 1.93. The van der Waals surface area contributed by atoms with Crippen molar-refractivity contribution in [3.05, 3.63) is 59.1 Å². The Morgan fingerprint density at radius 1 is 1.14 bits per heavy atom. The highest BCUT2D eigenvalue weighted by Crippen LogP contribution is 2.26. The van der Waals surface area contributed by atoms with E-state index in [0.717, 1.165) is 24.1 Å². The van der Waals surface area contributed by atoms with Gasteiger partial charge in [-0.1, -0.05) is 35.9 Å². The molecule has 7 nitrogen and oxygen atoms in total. The first-order valence-electron chi connectivity index (χ1n) is 9.16. The maximum absolute atomic E-state index is 12.4. The Morgan fingerprint density at radius 3 is 2.72 bits per heavy atom. The van der Waals surface area contributed by atoms with E-state index in [9.17, 15) is 18.0 Å². The standard InChI is InChI=1S/C20H21ClN2O5S/c21-16-7-3-8-17(13-16)29(26,27)22-11-10-20(25)28-14-19(24)23-12-4-6-15-5-1-2-9-18(15)23/h1-3,5,7-9,13,22H,4,6,10-12,14H2. The van der Waals surface area contributed by atoms with Crippen molar-refractivity contribution in [1.29, 1.82) is 0 Å². The van der Waals surface area contributed by atoms with Gasteiger partial charge in [0.05, 0.1) is 11.3 Å². The minimum atomic E-state index is -3.78. The van der Waals surface area contributed by atoms with Crippen LogP contribution in [0.5, 0.6) is 0 Å². The Labute approximate surface area is 174 Å². The van der Waals surface area contributed by atoms with E-state index in [-0.39, 0.29) is 30.4 Å². The number of para-hydroxylation sites is 1. The third kappa shape index (κ3) is 5.56. The minimum absolute atomic E-state index is 0.0114. The number of rotatable bonds is 7. The fraction of sp³-hybridized carbons (Fsp3) is 0.300. The summed E-state index contributed by atoms with van der Waals surface area (Å²) in [5, 5.41) is 0.296. The first-order valence-corrected chi connectivity index (χ1v) is 11.0. The van der Waals surface area contributed by atoms with Crippen LogP contribution < -0.4 is 9.62 Å². The summed E-state index contributed by atoms with van der Waals surface area (Å²) >= 11 is 5.80. The van der Waals surface area contributed by atoms with Crippen LogP contribution in [-0.2, 0) is 30.8 Å². The number of fused-ring (bicyclic) bond motifs is 1. The average Bonchev–Trinajstić information content (AvgIpc) is 2.71. The Kier molecular flexibility index (Phi) is 6.89. The normalized spacial score (nSPS) is 13.6. The number of amides is 1. The van der Waals surface area contributed by atoms with Crippen LogP contribution in [0.2, 0.25) is 5.02 Å². The van der Waals surface area contributed by atoms with Crippen molar-refractivity contribution < 1.29 is 22.7 Å². The van der Waals surface area contributed by atoms with E-state index in [4.69, 9.17) is 16.3 Å². The first-order chi connectivity index (χ1) is 13.9. The fourth-order valence-electron chi connectivity index (χ4n) is 3.09. The zero-order chi connectivity index (χ0) is 20.9. The van der Waals surface area contributed by atoms with Crippen molar-refractivity contribution in [1.82, 2.24) is 4.72 Å². The monoisotopic (exact) mass is 436 g/mol. The molecule has 9 heteroatoms. The summed E-state index contributed by atoms with van der Waals surface area (Å²) < 4.78 is 31.7. The summed E-state index contributed by atoms with van der Waals surface area (Å²) in [6.45, 7) is 0.0511. The number of benzene rings is 2. The molecule has 0 fully saturated rings. The van der Waals surface area contributed by atoms with Crippen LogP contribution in [-0.4, -0.2) is 40.0 Å². The van der Waals surface area contributed by atoms with Gasteiger partial charge < -0.3 is 9.64 Å². The van der Waals surface area contributed by atoms with Crippen LogP contribution in [0, 0.1) is 0 Å². The Morgan fingerprint density at radius 2 is 1.93 bits per heavy atom. The number of hydrogen-bond donors (Lipinski definition) is 1. The molecule has 0 aliphatic carbocycles. The number of sulfonamides is 1. The van der Waals surface area contributed by atoms with Gasteiger partial charge in [0.1, 0.15) is 0 Å².